The summed E-state index contributed by atoms with van der Waals surface area (Å²) in [5, 5.41) is 4.64. The van der Waals surface area contributed by atoms with Gasteiger partial charge in [-0.3, -0.25) is 9.59 Å². The maximum atomic E-state index is 13.0. The van der Waals surface area contributed by atoms with Gasteiger partial charge in [-0.05, 0) is 29.6 Å². The Kier molecular flexibility index (Phi) is 6.57. The van der Waals surface area contributed by atoms with E-state index in [0.717, 1.165) is 10.9 Å². The summed E-state index contributed by atoms with van der Waals surface area (Å²) in [6.07, 6.45) is 0.0139. The Bertz CT molecular complexity index is 708. The van der Waals surface area contributed by atoms with Gasteiger partial charge in [0.15, 0.2) is 6.61 Å². The number of nitrogens with one attached hydrogen (secondary N) is 1. The zero-order valence-corrected chi connectivity index (χ0v) is 14.3. The highest BCUT2D eigenvalue weighted by Crippen LogP contribution is 2.25. The number of thiophene rings is 1. The summed E-state index contributed by atoms with van der Waals surface area (Å²) in [6, 6.07) is 6.76. The van der Waals surface area contributed by atoms with Crippen LogP contribution in [-0.2, 0) is 14.3 Å². The van der Waals surface area contributed by atoms with Gasteiger partial charge in [-0.1, -0.05) is 17.7 Å². The first-order valence-electron chi connectivity index (χ1n) is 6.97. The maximum absolute atomic E-state index is 13.0. The van der Waals surface area contributed by atoms with E-state index in [-0.39, 0.29) is 23.8 Å². The lowest BCUT2D eigenvalue weighted by atomic mass is 10.1. The number of hydrogen-bond acceptors (Lipinski definition) is 5. The Morgan fingerprint density at radius 1 is 1.38 bits per heavy atom. The minimum absolute atomic E-state index is 0.0139. The van der Waals surface area contributed by atoms with E-state index < -0.39 is 23.7 Å². The SMILES string of the molecule is COC(=O)C[C@@H](NC(=O)COc1ccc(F)cc1Cl)c1cccs1. The average molecular weight is 372 g/mol. The van der Waals surface area contributed by atoms with Gasteiger partial charge in [-0.15, -0.1) is 11.3 Å². The largest absolute Gasteiger partial charge is 0.482 e. The van der Waals surface area contributed by atoms with Crippen molar-refractivity contribution in [1.29, 1.82) is 0 Å². The van der Waals surface area contributed by atoms with E-state index in [1.54, 1.807) is 0 Å². The maximum Gasteiger partial charge on any atom is 0.307 e. The second-order valence-electron chi connectivity index (χ2n) is 4.78. The third kappa shape index (κ3) is 5.21. The van der Waals surface area contributed by atoms with Crippen LogP contribution in [0.1, 0.15) is 17.3 Å². The minimum atomic E-state index is -0.503. The van der Waals surface area contributed by atoms with Gasteiger partial charge in [-0.2, -0.15) is 0 Å². The zero-order valence-electron chi connectivity index (χ0n) is 12.8. The quantitative estimate of drug-likeness (QED) is 0.758. The van der Waals surface area contributed by atoms with Gasteiger partial charge in [0.2, 0.25) is 0 Å². The smallest absolute Gasteiger partial charge is 0.307 e. The molecule has 8 heteroatoms. The summed E-state index contributed by atoms with van der Waals surface area (Å²) >= 11 is 7.25. The standard InChI is InChI=1S/C16H15ClFNO4S/c1-22-16(21)8-12(14-3-2-6-24-14)19-15(20)9-23-13-5-4-10(18)7-11(13)17/h2-7,12H,8-9H2,1H3,(H,19,20)/t12-/m1/s1. The fourth-order valence-corrected chi connectivity index (χ4v) is 2.93. The fraction of sp³-hybridized carbons (Fsp3) is 0.250. The Morgan fingerprint density at radius 3 is 2.79 bits per heavy atom. The van der Waals surface area contributed by atoms with Crippen LogP contribution in [0.5, 0.6) is 5.75 Å². The lowest BCUT2D eigenvalue weighted by Gasteiger charge is -2.17. The fourth-order valence-electron chi connectivity index (χ4n) is 1.93. The van der Waals surface area contributed by atoms with Gasteiger partial charge in [0.1, 0.15) is 11.6 Å². The zero-order chi connectivity index (χ0) is 17.5. The molecule has 1 heterocycles. The molecule has 0 saturated heterocycles. The van der Waals surface area contributed by atoms with Crippen LogP contribution in [0.15, 0.2) is 35.7 Å². The molecule has 2 rings (SSSR count). The number of hydrogen-bond donors (Lipinski definition) is 1. The van der Waals surface area contributed by atoms with Crippen LogP contribution in [0.2, 0.25) is 5.02 Å². The van der Waals surface area contributed by atoms with Crippen molar-refractivity contribution in [3.8, 4) is 5.75 Å². The third-order valence-electron chi connectivity index (χ3n) is 3.07. The molecule has 0 aliphatic heterocycles. The molecule has 2 aromatic rings. The van der Waals surface area contributed by atoms with Gasteiger partial charge in [0, 0.05) is 4.88 Å². The molecule has 1 amide bonds. The molecule has 0 unspecified atom stereocenters. The average Bonchev–Trinajstić information content (AvgIpc) is 3.07. The number of amides is 1. The number of rotatable bonds is 7. The predicted molar refractivity (Wildman–Crippen MR) is 88.7 cm³/mol. The lowest BCUT2D eigenvalue weighted by Crippen LogP contribution is -2.33. The number of methoxy groups -OCH3 is 1. The van der Waals surface area contributed by atoms with Crippen molar-refractivity contribution in [3.05, 3.63) is 51.4 Å². The van der Waals surface area contributed by atoms with E-state index in [0.29, 0.717) is 0 Å². The Hall–Kier alpha value is -2.12. The molecule has 24 heavy (non-hydrogen) atoms. The van der Waals surface area contributed by atoms with Crippen molar-refractivity contribution in [3.63, 3.8) is 0 Å². The highest BCUT2D eigenvalue weighted by atomic mass is 35.5. The summed E-state index contributed by atoms with van der Waals surface area (Å²) in [6.45, 7) is -0.311. The monoisotopic (exact) mass is 371 g/mol. The number of halogens is 2. The molecular weight excluding hydrogens is 357 g/mol. The van der Waals surface area contributed by atoms with Crippen molar-refractivity contribution in [2.24, 2.45) is 0 Å². The topological polar surface area (TPSA) is 64.6 Å². The van der Waals surface area contributed by atoms with Gasteiger partial charge in [-0.25, -0.2) is 4.39 Å². The van der Waals surface area contributed by atoms with E-state index >= 15 is 0 Å². The van der Waals surface area contributed by atoms with Crippen molar-refractivity contribution in [1.82, 2.24) is 5.32 Å². The second kappa shape index (κ2) is 8.65. The van der Waals surface area contributed by atoms with E-state index in [4.69, 9.17) is 16.3 Å². The van der Waals surface area contributed by atoms with Crippen molar-refractivity contribution < 1.29 is 23.5 Å². The molecule has 1 aromatic carbocycles. The summed E-state index contributed by atoms with van der Waals surface area (Å²) in [4.78, 5) is 24.4. The molecule has 0 fully saturated rings. The molecule has 0 saturated carbocycles. The summed E-state index contributed by atoms with van der Waals surface area (Å²) in [5.74, 6) is -1.16. The van der Waals surface area contributed by atoms with Crippen LogP contribution >= 0.6 is 22.9 Å². The molecule has 128 valence electrons. The van der Waals surface area contributed by atoms with Crippen molar-refractivity contribution in [2.75, 3.05) is 13.7 Å². The van der Waals surface area contributed by atoms with E-state index in [1.165, 1.54) is 30.6 Å². The second-order valence-corrected chi connectivity index (χ2v) is 6.17. The number of carbonyl (C=O) groups is 2. The van der Waals surface area contributed by atoms with Crippen LogP contribution in [0.4, 0.5) is 4.39 Å². The normalized spacial score (nSPS) is 11.6. The lowest BCUT2D eigenvalue weighted by molar-refractivity contribution is -0.141. The number of ether oxygens (including phenoxy) is 2. The Balaban J connectivity index is 1.96. The van der Waals surface area contributed by atoms with Gasteiger partial charge in [0.25, 0.3) is 5.91 Å². The molecule has 5 nitrogen and oxygen atoms in total. The summed E-state index contributed by atoms with van der Waals surface area (Å²) in [5.41, 5.74) is 0. The van der Waals surface area contributed by atoms with E-state index in [2.05, 4.69) is 10.1 Å². The molecule has 0 aliphatic rings. The third-order valence-corrected chi connectivity index (χ3v) is 4.35. The molecule has 1 N–H and O–H groups in total. The van der Waals surface area contributed by atoms with Crippen LogP contribution in [0.3, 0.4) is 0 Å². The van der Waals surface area contributed by atoms with E-state index in [1.807, 2.05) is 17.5 Å². The molecule has 0 spiro atoms. The molecule has 1 atom stereocenters. The van der Waals surface area contributed by atoms with Crippen molar-refractivity contribution in [2.45, 2.75) is 12.5 Å². The minimum Gasteiger partial charge on any atom is -0.482 e. The first-order valence-corrected chi connectivity index (χ1v) is 8.22. The van der Waals surface area contributed by atoms with Crippen LogP contribution in [-0.4, -0.2) is 25.6 Å². The van der Waals surface area contributed by atoms with Gasteiger partial charge >= 0.3 is 5.97 Å². The van der Waals surface area contributed by atoms with Crippen molar-refractivity contribution >= 4 is 34.8 Å². The molecule has 0 radical (unpaired) electrons. The highest BCUT2D eigenvalue weighted by Gasteiger charge is 2.20. The molecule has 0 bridgehead atoms. The van der Waals surface area contributed by atoms with Gasteiger partial charge < -0.3 is 14.8 Å². The molecule has 0 aliphatic carbocycles. The summed E-state index contributed by atoms with van der Waals surface area (Å²) in [7, 11) is 1.29. The number of benzene rings is 1. The first-order chi connectivity index (χ1) is 11.5. The molecule has 1 aromatic heterocycles. The Labute approximate surface area is 147 Å². The molecular formula is C16H15ClFNO4S. The van der Waals surface area contributed by atoms with Gasteiger partial charge in [0.05, 0.1) is 24.6 Å². The van der Waals surface area contributed by atoms with Crippen LogP contribution in [0, 0.1) is 5.82 Å². The number of carbonyl (C=O) groups excluding carboxylic acids is 2. The van der Waals surface area contributed by atoms with E-state index in [9.17, 15) is 14.0 Å². The highest BCUT2D eigenvalue weighted by molar-refractivity contribution is 7.10. The summed E-state index contributed by atoms with van der Waals surface area (Å²) < 4.78 is 22.9. The van der Waals surface area contributed by atoms with Crippen LogP contribution in [0.25, 0.3) is 0 Å². The number of esters is 1. The van der Waals surface area contributed by atoms with Crippen LogP contribution < -0.4 is 10.1 Å². The first kappa shape index (κ1) is 18.2. The predicted octanol–water partition coefficient (Wildman–Crippen LogP) is 3.34. The Morgan fingerprint density at radius 2 is 2.17 bits per heavy atom.